The number of thiazole rings is 1. The number of aromatic nitrogens is 2. The molecular formula is C41H26N2O2S. The van der Waals surface area contributed by atoms with Gasteiger partial charge in [-0.3, -0.25) is 4.79 Å². The molecule has 46 heavy (non-hydrogen) atoms. The number of para-hydroxylation sites is 2. The Bertz CT molecular complexity index is 2800. The fourth-order valence-electron chi connectivity index (χ4n) is 7.54. The summed E-state index contributed by atoms with van der Waals surface area (Å²) >= 11 is 1.60. The summed E-state index contributed by atoms with van der Waals surface area (Å²) in [6.07, 6.45) is 0. The summed E-state index contributed by atoms with van der Waals surface area (Å²) in [7, 11) is 0. The first kappa shape index (κ1) is 25.8. The Morgan fingerprint density at radius 3 is 2.28 bits per heavy atom. The Hall–Kier alpha value is -5.52. The van der Waals surface area contributed by atoms with Crippen molar-refractivity contribution in [3.63, 3.8) is 0 Å². The first-order valence-corrected chi connectivity index (χ1v) is 16.3. The maximum absolute atomic E-state index is 13.2. The van der Waals surface area contributed by atoms with Crippen LogP contribution in [-0.4, -0.2) is 9.55 Å². The molecule has 0 radical (unpaired) electrons. The van der Waals surface area contributed by atoms with E-state index in [1.807, 2.05) is 36.4 Å². The van der Waals surface area contributed by atoms with Gasteiger partial charge in [-0.05, 0) is 82.9 Å². The van der Waals surface area contributed by atoms with E-state index in [1.165, 1.54) is 44.1 Å². The van der Waals surface area contributed by atoms with Gasteiger partial charge in [0.05, 0.1) is 32.0 Å². The second-order valence-corrected chi connectivity index (χ2v) is 13.8. The maximum Gasteiger partial charge on any atom is 0.200 e. The Morgan fingerprint density at radius 1 is 0.652 bits per heavy atom. The standard InChI is InChI=1S/C41H26N2O2S/c1-41(2)31-12-6-3-9-25(31)28-19-29-26-10-4-7-13-34(26)43(35(29)21-32(28)41)24-17-15-23(16-18-24)40-42-33-22-37-30(20-38(33)46-40)39(44)27-11-5-8-14-36(27)45-37/h3-22H,1-2H3. The molecule has 6 aromatic carbocycles. The minimum atomic E-state index is -0.0736. The second-order valence-electron chi connectivity index (χ2n) is 12.7. The van der Waals surface area contributed by atoms with Gasteiger partial charge in [0.1, 0.15) is 16.2 Å². The highest BCUT2D eigenvalue weighted by Gasteiger charge is 2.36. The average molecular weight is 611 g/mol. The van der Waals surface area contributed by atoms with Crippen LogP contribution in [-0.2, 0) is 5.41 Å². The third kappa shape index (κ3) is 3.43. The van der Waals surface area contributed by atoms with Crippen molar-refractivity contribution in [2.24, 2.45) is 0 Å². The number of hydrogen-bond acceptors (Lipinski definition) is 4. The van der Waals surface area contributed by atoms with Crippen molar-refractivity contribution in [3.8, 4) is 27.4 Å². The largest absolute Gasteiger partial charge is 0.456 e. The van der Waals surface area contributed by atoms with Crippen LogP contribution in [0.1, 0.15) is 25.0 Å². The van der Waals surface area contributed by atoms with Crippen molar-refractivity contribution >= 4 is 65.3 Å². The first-order chi connectivity index (χ1) is 22.5. The van der Waals surface area contributed by atoms with Crippen LogP contribution in [0, 0.1) is 0 Å². The van der Waals surface area contributed by atoms with Crippen LogP contribution in [0.4, 0.5) is 0 Å². The minimum Gasteiger partial charge on any atom is -0.456 e. The molecule has 0 bridgehead atoms. The Morgan fingerprint density at radius 2 is 1.41 bits per heavy atom. The number of fused-ring (bicyclic) bond motifs is 9. The molecule has 218 valence electrons. The summed E-state index contributed by atoms with van der Waals surface area (Å²) in [5.41, 5.74) is 11.9. The first-order valence-electron chi connectivity index (χ1n) is 15.5. The highest BCUT2D eigenvalue weighted by atomic mass is 32.1. The molecule has 5 heteroatoms. The molecule has 0 aliphatic heterocycles. The summed E-state index contributed by atoms with van der Waals surface area (Å²) in [5, 5.41) is 4.60. The van der Waals surface area contributed by atoms with Crippen LogP contribution in [0.5, 0.6) is 0 Å². The lowest BCUT2D eigenvalue weighted by atomic mass is 9.82. The quantitative estimate of drug-likeness (QED) is 0.183. The van der Waals surface area contributed by atoms with E-state index < -0.39 is 0 Å². The fraction of sp³-hybridized carbons (Fsp3) is 0.0732. The van der Waals surface area contributed by atoms with Gasteiger partial charge in [0.2, 0.25) is 5.43 Å². The minimum absolute atomic E-state index is 0.0119. The molecule has 0 N–H and O–H groups in total. The molecule has 0 fully saturated rings. The third-order valence-corrected chi connectivity index (χ3v) is 10.9. The van der Waals surface area contributed by atoms with E-state index in [0.717, 1.165) is 26.5 Å². The topological polar surface area (TPSA) is 48.0 Å². The van der Waals surface area contributed by atoms with Crippen LogP contribution < -0.4 is 5.43 Å². The van der Waals surface area contributed by atoms with Crippen LogP contribution in [0.2, 0.25) is 0 Å². The van der Waals surface area contributed by atoms with Gasteiger partial charge >= 0.3 is 0 Å². The molecule has 0 amide bonds. The third-order valence-electron chi connectivity index (χ3n) is 9.83. The highest BCUT2D eigenvalue weighted by molar-refractivity contribution is 7.21. The monoisotopic (exact) mass is 610 g/mol. The molecule has 0 saturated heterocycles. The molecule has 0 spiro atoms. The number of nitrogens with zero attached hydrogens (tertiary/aromatic N) is 2. The van der Waals surface area contributed by atoms with Gasteiger partial charge in [-0.2, -0.15) is 0 Å². The molecule has 0 unspecified atom stereocenters. The van der Waals surface area contributed by atoms with Crippen LogP contribution in [0.3, 0.4) is 0 Å². The number of hydrogen-bond donors (Lipinski definition) is 0. The van der Waals surface area contributed by atoms with Gasteiger partial charge in [-0.1, -0.05) is 68.4 Å². The molecule has 3 aromatic heterocycles. The Kier molecular flexibility index (Phi) is 5.06. The number of benzene rings is 6. The smallest absolute Gasteiger partial charge is 0.200 e. The van der Waals surface area contributed by atoms with Crippen molar-refractivity contribution in [3.05, 3.63) is 143 Å². The zero-order chi connectivity index (χ0) is 30.7. The zero-order valence-electron chi connectivity index (χ0n) is 25.2. The average Bonchev–Trinajstić information content (AvgIpc) is 3.72. The lowest BCUT2D eigenvalue weighted by Crippen LogP contribution is -2.14. The zero-order valence-corrected chi connectivity index (χ0v) is 26.0. The Labute approximate surface area is 267 Å². The van der Waals surface area contributed by atoms with Crippen LogP contribution in [0.25, 0.3) is 81.3 Å². The molecule has 0 atom stereocenters. The summed E-state index contributed by atoms with van der Waals surface area (Å²) in [5.74, 6) is 0. The van der Waals surface area contributed by atoms with Crippen LogP contribution in [0.15, 0.2) is 131 Å². The van der Waals surface area contributed by atoms with E-state index in [9.17, 15) is 4.79 Å². The van der Waals surface area contributed by atoms with Crippen molar-refractivity contribution < 1.29 is 4.42 Å². The van der Waals surface area contributed by atoms with Crippen molar-refractivity contribution in [2.75, 3.05) is 0 Å². The molecule has 4 nitrogen and oxygen atoms in total. The van der Waals surface area contributed by atoms with Gasteiger partial charge in [0, 0.05) is 33.5 Å². The maximum atomic E-state index is 13.2. The predicted octanol–water partition coefficient (Wildman–Crippen LogP) is 10.6. The molecule has 1 aliphatic carbocycles. The summed E-state index contributed by atoms with van der Waals surface area (Å²) in [6, 6.07) is 42.2. The summed E-state index contributed by atoms with van der Waals surface area (Å²) in [6.45, 7) is 4.67. The van der Waals surface area contributed by atoms with Gasteiger partial charge in [0.25, 0.3) is 0 Å². The van der Waals surface area contributed by atoms with Crippen molar-refractivity contribution in [1.29, 1.82) is 0 Å². The highest BCUT2D eigenvalue weighted by Crippen LogP contribution is 2.51. The molecule has 0 saturated carbocycles. The molecule has 9 aromatic rings. The van der Waals surface area contributed by atoms with Crippen LogP contribution >= 0.6 is 11.3 Å². The van der Waals surface area contributed by atoms with Crippen molar-refractivity contribution in [1.82, 2.24) is 9.55 Å². The van der Waals surface area contributed by atoms with E-state index in [4.69, 9.17) is 9.40 Å². The van der Waals surface area contributed by atoms with Gasteiger partial charge in [-0.15, -0.1) is 11.3 Å². The van der Waals surface area contributed by atoms with E-state index >= 15 is 0 Å². The van der Waals surface area contributed by atoms with E-state index in [0.29, 0.717) is 21.9 Å². The lowest BCUT2D eigenvalue weighted by molar-refractivity contribution is 0.660. The van der Waals surface area contributed by atoms with Gasteiger partial charge in [0.15, 0.2) is 0 Å². The Balaban J connectivity index is 1.11. The summed E-state index contributed by atoms with van der Waals surface area (Å²) in [4.78, 5) is 18.2. The van der Waals surface area contributed by atoms with E-state index in [1.54, 1.807) is 11.3 Å². The summed E-state index contributed by atoms with van der Waals surface area (Å²) < 4.78 is 9.45. The lowest BCUT2D eigenvalue weighted by Gasteiger charge is -2.21. The van der Waals surface area contributed by atoms with Crippen molar-refractivity contribution in [2.45, 2.75) is 19.3 Å². The fourth-order valence-corrected chi connectivity index (χ4v) is 8.53. The molecule has 1 aliphatic rings. The second kappa shape index (κ2) is 9.03. The molecular weight excluding hydrogens is 585 g/mol. The van der Waals surface area contributed by atoms with Gasteiger partial charge < -0.3 is 8.98 Å². The molecule has 10 rings (SSSR count). The SMILES string of the molecule is CC1(C)c2ccccc2-c2cc3c4ccccc4n(-c4ccc(-c5nc6cc7oc8ccccc8c(=O)c7cc6s5)cc4)c3cc21. The van der Waals surface area contributed by atoms with Gasteiger partial charge in [-0.25, -0.2) is 4.98 Å². The predicted molar refractivity (Wildman–Crippen MR) is 191 cm³/mol. The van der Waals surface area contributed by atoms with E-state index in [-0.39, 0.29) is 10.8 Å². The van der Waals surface area contributed by atoms with E-state index in [2.05, 4.69) is 103 Å². The molecule has 3 heterocycles. The normalized spacial score (nSPS) is 13.7. The number of rotatable bonds is 2.